The van der Waals surface area contributed by atoms with Crippen LogP contribution in [0.4, 0.5) is 18.9 Å². The molecular formula is C25H25F3N2O4S. The Balaban J connectivity index is 1.89. The van der Waals surface area contributed by atoms with Gasteiger partial charge in [-0.2, -0.15) is 13.2 Å². The van der Waals surface area contributed by atoms with Gasteiger partial charge in [0.25, 0.3) is 10.0 Å². The summed E-state index contributed by atoms with van der Waals surface area (Å²) in [6.07, 6.45) is -4.68. The molecule has 0 radical (unpaired) electrons. The van der Waals surface area contributed by atoms with E-state index in [4.69, 9.17) is 4.74 Å². The molecule has 10 heteroatoms. The Kier molecular flexibility index (Phi) is 8.06. The van der Waals surface area contributed by atoms with Gasteiger partial charge in [-0.05, 0) is 61.9 Å². The maximum atomic E-state index is 13.3. The van der Waals surface area contributed by atoms with Gasteiger partial charge in [-0.3, -0.25) is 9.10 Å². The number of benzene rings is 3. The van der Waals surface area contributed by atoms with Crippen LogP contribution in [0.5, 0.6) is 5.75 Å². The standard InChI is InChI=1S/C25H25F3N2O4S/c1-3-34-22-14-12-19(13-15-22)18(2)29-24(31)17-30(35(32,33)23-10-5-4-6-11-23)21-9-7-8-20(16-21)25(26,27)28/h4-16,18H,3,17H2,1-2H3,(H,29,31)/t18-/m1/s1. The molecule has 0 saturated carbocycles. The van der Waals surface area contributed by atoms with E-state index in [9.17, 15) is 26.4 Å². The molecule has 3 aromatic carbocycles. The van der Waals surface area contributed by atoms with E-state index in [1.54, 1.807) is 37.3 Å². The van der Waals surface area contributed by atoms with E-state index in [0.717, 1.165) is 17.7 Å². The second kappa shape index (κ2) is 10.8. The molecule has 0 aliphatic rings. The van der Waals surface area contributed by atoms with Crippen molar-refractivity contribution < 1.29 is 31.1 Å². The van der Waals surface area contributed by atoms with Gasteiger partial charge in [0.2, 0.25) is 5.91 Å². The second-order valence-corrected chi connectivity index (χ2v) is 9.53. The summed E-state index contributed by atoms with van der Waals surface area (Å²) in [5, 5.41) is 2.71. The molecule has 1 atom stereocenters. The average molecular weight is 507 g/mol. The first-order valence-electron chi connectivity index (χ1n) is 10.8. The van der Waals surface area contributed by atoms with Gasteiger partial charge in [-0.25, -0.2) is 8.42 Å². The molecule has 1 N–H and O–H groups in total. The second-order valence-electron chi connectivity index (χ2n) is 7.66. The zero-order chi connectivity index (χ0) is 25.6. The number of nitrogens with one attached hydrogen (secondary N) is 1. The van der Waals surface area contributed by atoms with Gasteiger partial charge in [0.05, 0.1) is 28.8 Å². The SMILES string of the molecule is CCOc1ccc([C@@H](C)NC(=O)CN(c2cccc(C(F)(F)F)c2)S(=O)(=O)c2ccccc2)cc1. The zero-order valence-electron chi connectivity index (χ0n) is 19.1. The summed E-state index contributed by atoms with van der Waals surface area (Å²) in [6, 6.07) is 17.6. The van der Waals surface area contributed by atoms with Crippen LogP contribution in [0.15, 0.2) is 83.8 Å². The van der Waals surface area contributed by atoms with Crippen molar-refractivity contribution in [3.05, 3.63) is 90.0 Å². The van der Waals surface area contributed by atoms with Crippen LogP contribution in [0.25, 0.3) is 0 Å². The van der Waals surface area contributed by atoms with Gasteiger partial charge >= 0.3 is 6.18 Å². The molecule has 0 aliphatic heterocycles. The van der Waals surface area contributed by atoms with E-state index in [1.807, 2.05) is 6.92 Å². The number of carbonyl (C=O) groups excluding carboxylic acids is 1. The minimum absolute atomic E-state index is 0.148. The molecule has 0 fully saturated rings. The summed E-state index contributed by atoms with van der Waals surface area (Å²) < 4.78 is 72.6. The number of ether oxygens (including phenoxy) is 1. The highest BCUT2D eigenvalue weighted by Gasteiger charge is 2.33. The molecule has 0 bridgehead atoms. The molecular weight excluding hydrogens is 481 g/mol. The molecule has 6 nitrogen and oxygen atoms in total. The van der Waals surface area contributed by atoms with Crippen LogP contribution in [0.1, 0.15) is 31.0 Å². The number of halogens is 3. The predicted molar refractivity (Wildman–Crippen MR) is 127 cm³/mol. The lowest BCUT2D eigenvalue weighted by molar-refractivity contribution is -0.137. The van der Waals surface area contributed by atoms with E-state index in [1.165, 1.54) is 30.3 Å². The number of rotatable bonds is 9. The first-order valence-corrected chi connectivity index (χ1v) is 12.2. The topological polar surface area (TPSA) is 75.7 Å². The molecule has 0 unspecified atom stereocenters. The first kappa shape index (κ1) is 26.1. The summed E-state index contributed by atoms with van der Waals surface area (Å²) >= 11 is 0. The summed E-state index contributed by atoms with van der Waals surface area (Å²) in [7, 11) is -4.34. The van der Waals surface area contributed by atoms with Crippen LogP contribution < -0.4 is 14.4 Å². The fourth-order valence-corrected chi connectivity index (χ4v) is 4.83. The number of sulfonamides is 1. The summed E-state index contributed by atoms with van der Waals surface area (Å²) in [6.45, 7) is 3.37. The van der Waals surface area contributed by atoms with Crippen molar-refractivity contribution in [3.8, 4) is 5.75 Å². The Morgan fingerprint density at radius 1 is 1.00 bits per heavy atom. The number of hydrogen-bond donors (Lipinski definition) is 1. The highest BCUT2D eigenvalue weighted by atomic mass is 32.2. The van der Waals surface area contributed by atoms with Crippen molar-refractivity contribution in [2.24, 2.45) is 0 Å². The Morgan fingerprint density at radius 3 is 2.26 bits per heavy atom. The van der Waals surface area contributed by atoms with Crippen molar-refractivity contribution in [1.29, 1.82) is 0 Å². The lowest BCUT2D eigenvalue weighted by atomic mass is 10.1. The van der Waals surface area contributed by atoms with Gasteiger partial charge < -0.3 is 10.1 Å². The monoisotopic (exact) mass is 506 g/mol. The molecule has 0 aliphatic carbocycles. The summed E-state index contributed by atoms with van der Waals surface area (Å²) in [5.74, 6) is -0.0113. The molecule has 0 saturated heterocycles. The zero-order valence-corrected chi connectivity index (χ0v) is 19.9. The molecule has 0 spiro atoms. The molecule has 35 heavy (non-hydrogen) atoms. The third kappa shape index (κ3) is 6.54. The molecule has 0 aromatic heterocycles. The number of alkyl halides is 3. The smallest absolute Gasteiger partial charge is 0.416 e. The van der Waals surface area contributed by atoms with Gasteiger partial charge in [0, 0.05) is 0 Å². The summed E-state index contributed by atoms with van der Waals surface area (Å²) in [4.78, 5) is 12.7. The van der Waals surface area contributed by atoms with E-state index in [0.29, 0.717) is 22.7 Å². The van der Waals surface area contributed by atoms with Crippen molar-refractivity contribution in [2.75, 3.05) is 17.5 Å². The lowest BCUT2D eigenvalue weighted by Gasteiger charge is -2.26. The van der Waals surface area contributed by atoms with Crippen molar-refractivity contribution in [2.45, 2.75) is 31.0 Å². The third-order valence-corrected chi connectivity index (χ3v) is 6.94. The fourth-order valence-electron chi connectivity index (χ4n) is 3.39. The van der Waals surface area contributed by atoms with Crippen LogP contribution in [-0.2, 0) is 21.0 Å². The fraction of sp³-hybridized carbons (Fsp3) is 0.240. The van der Waals surface area contributed by atoms with Crippen LogP contribution in [-0.4, -0.2) is 27.5 Å². The lowest BCUT2D eigenvalue weighted by Crippen LogP contribution is -2.41. The van der Waals surface area contributed by atoms with Crippen LogP contribution >= 0.6 is 0 Å². The van der Waals surface area contributed by atoms with Gasteiger partial charge in [0.15, 0.2) is 0 Å². The summed E-state index contributed by atoms with van der Waals surface area (Å²) in [5.41, 5.74) is -0.544. The van der Waals surface area contributed by atoms with Crippen LogP contribution in [0, 0.1) is 0 Å². The van der Waals surface area contributed by atoms with E-state index in [2.05, 4.69) is 5.32 Å². The van der Waals surface area contributed by atoms with Crippen molar-refractivity contribution in [1.82, 2.24) is 5.32 Å². The van der Waals surface area contributed by atoms with E-state index < -0.39 is 40.3 Å². The Morgan fingerprint density at radius 2 is 1.66 bits per heavy atom. The largest absolute Gasteiger partial charge is 0.494 e. The minimum Gasteiger partial charge on any atom is -0.494 e. The Hall–Kier alpha value is -3.53. The maximum Gasteiger partial charge on any atom is 0.416 e. The van der Waals surface area contributed by atoms with Gasteiger partial charge in [-0.15, -0.1) is 0 Å². The highest BCUT2D eigenvalue weighted by Crippen LogP contribution is 2.33. The molecule has 3 rings (SSSR count). The van der Waals surface area contributed by atoms with Crippen molar-refractivity contribution in [3.63, 3.8) is 0 Å². The number of carbonyl (C=O) groups is 1. The minimum atomic E-state index is -4.68. The van der Waals surface area contributed by atoms with Crippen molar-refractivity contribution >= 4 is 21.6 Å². The quantitative estimate of drug-likeness (QED) is 0.434. The van der Waals surface area contributed by atoms with Crippen LogP contribution in [0.3, 0.4) is 0 Å². The number of amides is 1. The van der Waals surface area contributed by atoms with Crippen LogP contribution in [0.2, 0.25) is 0 Å². The number of anilines is 1. The van der Waals surface area contributed by atoms with Gasteiger partial charge in [0.1, 0.15) is 12.3 Å². The molecule has 186 valence electrons. The number of hydrogen-bond acceptors (Lipinski definition) is 4. The van der Waals surface area contributed by atoms with E-state index >= 15 is 0 Å². The molecule has 1 amide bonds. The number of nitrogens with zero attached hydrogens (tertiary/aromatic N) is 1. The Labute approximate surface area is 202 Å². The van der Waals surface area contributed by atoms with Gasteiger partial charge in [-0.1, -0.05) is 36.4 Å². The normalized spacial score (nSPS) is 12.6. The maximum absolute atomic E-state index is 13.3. The Bertz CT molecular complexity index is 1250. The molecule has 3 aromatic rings. The average Bonchev–Trinajstić information content (AvgIpc) is 2.83. The first-order chi connectivity index (χ1) is 16.5. The van der Waals surface area contributed by atoms with E-state index in [-0.39, 0.29) is 10.6 Å². The molecule has 0 heterocycles. The third-order valence-electron chi connectivity index (χ3n) is 5.15. The highest BCUT2D eigenvalue weighted by molar-refractivity contribution is 7.92. The predicted octanol–water partition coefficient (Wildman–Crippen LogP) is 5.18.